The lowest BCUT2D eigenvalue weighted by Gasteiger charge is -2.18. The molecule has 18 heavy (non-hydrogen) atoms. The molecule has 0 aromatic heterocycles. The van der Waals surface area contributed by atoms with E-state index in [4.69, 9.17) is 4.74 Å². The zero-order chi connectivity index (χ0) is 13.8. The molecule has 1 aromatic carbocycles. The van der Waals surface area contributed by atoms with Crippen LogP contribution in [-0.4, -0.2) is 32.6 Å². The van der Waals surface area contributed by atoms with E-state index < -0.39 is 10.0 Å². The number of hydrogen-bond donors (Lipinski definition) is 0. The molecule has 1 aromatic rings. The second-order valence-corrected chi connectivity index (χ2v) is 7.14. The summed E-state index contributed by atoms with van der Waals surface area (Å²) in [7, 11) is -0.0186. The minimum atomic E-state index is -3.18. The fourth-order valence-corrected chi connectivity index (χ4v) is 3.19. The first-order chi connectivity index (χ1) is 8.40. The topological polar surface area (TPSA) is 46.6 Å². The van der Waals surface area contributed by atoms with Gasteiger partial charge in [0.25, 0.3) is 0 Å². The van der Waals surface area contributed by atoms with Crippen LogP contribution in [0.1, 0.15) is 18.9 Å². The summed E-state index contributed by atoms with van der Waals surface area (Å²) in [5, 5.41) is 0. The number of nitrogens with zero attached hydrogens (tertiary/aromatic N) is 1. The van der Waals surface area contributed by atoms with Crippen LogP contribution in [0.4, 0.5) is 0 Å². The molecule has 0 radical (unpaired) electrons. The van der Waals surface area contributed by atoms with Gasteiger partial charge in [-0.15, -0.1) is 0 Å². The minimum absolute atomic E-state index is 0.166. The first-order valence-electron chi connectivity index (χ1n) is 5.67. The van der Waals surface area contributed by atoms with E-state index in [9.17, 15) is 8.42 Å². The zero-order valence-electron chi connectivity index (χ0n) is 10.8. The second-order valence-electron chi connectivity index (χ2n) is 4.03. The second kappa shape index (κ2) is 6.54. The molecule has 0 bridgehead atoms. The molecular formula is C12H18BrNO3S. The SMILES string of the molecule is CCCS(=O)(=O)N(C)Cc1cc(Br)ccc1OC. The third kappa shape index (κ3) is 3.96. The molecule has 0 aliphatic rings. The highest BCUT2D eigenvalue weighted by Gasteiger charge is 2.18. The lowest BCUT2D eigenvalue weighted by molar-refractivity contribution is 0.398. The quantitative estimate of drug-likeness (QED) is 0.802. The van der Waals surface area contributed by atoms with Gasteiger partial charge in [-0.2, -0.15) is 0 Å². The Morgan fingerprint density at radius 2 is 2.06 bits per heavy atom. The van der Waals surface area contributed by atoms with Gasteiger partial charge in [0.15, 0.2) is 0 Å². The highest BCUT2D eigenvalue weighted by molar-refractivity contribution is 9.10. The molecule has 1 rings (SSSR count). The van der Waals surface area contributed by atoms with Crippen LogP contribution in [0.2, 0.25) is 0 Å². The van der Waals surface area contributed by atoms with E-state index in [0.717, 1.165) is 10.0 Å². The predicted octanol–water partition coefficient (Wildman–Crippen LogP) is 2.63. The standard InChI is InChI=1S/C12H18BrNO3S/c1-4-7-18(15,16)14(2)9-10-8-11(13)5-6-12(10)17-3/h5-6,8H,4,7,9H2,1-3H3. The molecule has 0 aliphatic carbocycles. The molecule has 0 saturated carbocycles. The molecule has 0 heterocycles. The van der Waals surface area contributed by atoms with E-state index in [2.05, 4.69) is 15.9 Å². The summed E-state index contributed by atoms with van der Waals surface area (Å²) < 4.78 is 31.3. The maximum absolute atomic E-state index is 11.9. The molecule has 0 spiro atoms. The van der Waals surface area contributed by atoms with E-state index in [-0.39, 0.29) is 5.75 Å². The van der Waals surface area contributed by atoms with Crippen LogP contribution in [0.5, 0.6) is 5.75 Å². The Morgan fingerprint density at radius 3 is 2.61 bits per heavy atom. The smallest absolute Gasteiger partial charge is 0.214 e. The first-order valence-corrected chi connectivity index (χ1v) is 8.07. The van der Waals surface area contributed by atoms with Crippen LogP contribution in [0.25, 0.3) is 0 Å². The maximum Gasteiger partial charge on any atom is 0.214 e. The Balaban J connectivity index is 2.94. The largest absolute Gasteiger partial charge is 0.496 e. The molecule has 0 saturated heterocycles. The highest BCUT2D eigenvalue weighted by atomic mass is 79.9. The number of methoxy groups -OCH3 is 1. The van der Waals surface area contributed by atoms with Crippen molar-refractivity contribution in [2.24, 2.45) is 0 Å². The van der Waals surface area contributed by atoms with Crippen molar-refractivity contribution in [3.63, 3.8) is 0 Å². The molecule has 0 unspecified atom stereocenters. The van der Waals surface area contributed by atoms with Gasteiger partial charge in [-0.1, -0.05) is 22.9 Å². The van der Waals surface area contributed by atoms with Crippen molar-refractivity contribution in [1.82, 2.24) is 4.31 Å². The average Bonchev–Trinajstić information content (AvgIpc) is 2.29. The first kappa shape index (κ1) is 15.5. The van der Waals surface area contributed by atoms with Crippen molar-refractivity contribution < 1.29 is 13.2 Å². The van der Waals surface area contributed by atoms with Crippen molar-refractivity contribution in [1.29, 1.82) is 0 Å². The number of benzene rings is 1. The molecule has 0 N–H and O–H groups in total. The van der Waals surface area contributed by atoms with E-state index >= 15 is 0 Å². The van der Waals surface area contributed by atoms with Crippen LogP contribution in [0.15, 0.2) is 22.7 Å². The molecule has 0 atom stereocenters. The Hall–Kier alpha value is -0.590. The van der Waals surface area contributed by atoms with E-state index in [1.807, 2.05) is 25.1 Å². The summed E-state index contributed by atoms with van der Waals surface area (Å²) in [6.45, 7) is 2.16. The summed E-state index contributed by atoms with van der Waals surface area (Å²) in [4.78, 5) is 0. The average molecular weight is 336 g/mol. The normalized spacial score (nSPS) is 11.8. The lowest BCUT2D eigenvalue weighted by atomic mass is 10.2. The van der Waals surface area contributed by atoms with Crippen molar-refractivity contribution >= 4 is 26.0 Å². The number of rotatable bonds is 6. The number of ether oxygens (including phenoxy) is 1. The van der Waals surface area contributed by atoms with Gasteiger partial charge in [-0.25, -0.2) is 12.7 Å². The lowest BCUT2D eigenvalue weighted by Crippen LogP contribution is -2.28. The number of halogens is 1. The third-order valence-corrected chi connectivity index (χ3v) is 5.07. The van der Waals surface area contributed by atoms with Crippen LogP contribution < -0.4 is 4.74 Å². The van der Waals surface area contributed by atoms with E-state index in [1.54, 1.807) is 14.2 Å². The Bertz CT molecular complexity index is 502. The van der Waals surface area contributed by atoms with Crippen molar-refractivity contribution in [2.45, 2.75) is 19.9 Å². The Labute approximate surface area is 117 Å². The van der Waals surface area contributed by atoms with Gasteiger partial charge in [-0.05, 0) is 24.6 Å². The molecular weight excluding hydrogens is 318 g/mol. The number of hydrogen-bond acceptors (Lipinski definition) is 3. The summed E-state index contributed by atoms with van der Waals surface area (Å²) in [6.07, 6.45) is 0.613. The van der Waals surface area contributed by atoms with Gasteiger partial charge in [0.1, 0.15) is 5.75 Å². The van der Waals surface area contributed by atoms with Crippen molar-refractivity contribution in [2.75, 3.05) is 19.9 Å². The van der Waals surface area contributed by atoms with Crippen molar-refractivity contribution in [3.8, 4) is 5.75 Å². The van der Waals surface area contributed by atoms with Gasteiger partial charge >= 0.3 is 0 Å². The highest BCUT2D eigenvalue weighted by Crippen LogP contribution is 2.24. The van der Waals surface area contributed by atoms with Crippen LogP contribution in [-0.2, 0) is 16.6 Å². The number of sulfonamides is 1. The van der Waals surface area contributed by atoms with Gasteiger partial charge in [0.2, 0.25) is 10.0 Å². The fourth-order valence-electron chi connectivity index (χ4n) is 1.62. The molecule has 102 valence electrons. The molecule has 4 nitrogen and oxygen atoms in total. The van der Waals surface area contributed by atoms with Crippen molar-refractivity contribution in [3.05, 3.63) is 28.2 Å². The molecule has 0 aliphatic heterocycles. The van der Waals surface area contributed by atoms with Gasteiger partial charge in [0, 0.05) is 23.6 Å². The van der Waals surface area contributed by atoms with E-state index in [0.29, 0.717) is 18.7 Å². The van der Waals surface area contributed by atoms with Crippen LogP contribution in [0, 0.1) is 0 Å². The monoisotopic (exact) mass is 335 g/mol. The fraction of sp³-hybridized carbons (Fsp3) is 0.500. The third-order valence-electron chi connectivity index (χ3n) is 2.57. The maximum atomic E-state index is 11.9. The minimum Gasteiger partial charge on any atom is -0.496 e. The summed E-state index contributed by atoms with van der Waals surface area (Å²) in [6, 6.07) is 5.55. The molecule has 6 heteroatoms. The van der Waals surface area contributed by atoms with Gasteiger partial charge < -0.3 is 4.74 Å². The zero-order valence-corrected chi connectivity index (χ0v) is 13.2. The Morgan fingerprint density at radius 1 is 1.39 bits per heavy atom. The summed E-state index contributed by atoms with van der Waals surface area (Å²) >= 11 is 3.37. The van der Waals surface area contributed by atoms with Crippen LogP contribution >= 0.6 is 15.9 Å². The molecule has 0 amide bonds. The van der Waals surface area contributed by atoms with Crippen LogP contribution in [0.3, 0.4) is 0 Å². The van der Waals surface area contributed by atoms with Gasteiger partial charge in [0.05, 0.1) is 12.9 Å². The van der Waals surface area contributed by atoms with E-state index in [1.165, 1.54) is 4.31 Å². The predicted molar refractivity (Wildman–Crippen MR) is 76.2 cm³/mol. The summed E-state index contributed by atoms with van der Waals surface area (Å²) in [5.74, 6) is 0.858. The Kier molecular flexibility index (Phi) is 5.62. The van der Waals surface area contributed by atoms with Gasteiger partial charge in [-0.3, -0.25) is 0 Å². The molecule has 0 fully saturated rings. The summed E-state index contributed by atoms with van der Waals surface area (Å²) in [5.41, 5.74) is 0.842.